The summed E-state index contributed by atoms with van der Waals surface area (Å²) in [5.74, 6) is 0.980. The van der Waals surface area contributed by atoms with Gasteiger partial charge >= 0.3 is 0 Å². The Balaban J connectivity index is 1.72. The number of hydrogen-bond donors (Lipinski definition) is 2. The van der Waals surface area contributed by atoms with E-state index in [1.54, 1.807) is 0 Å². The van der Waals surface area contributed by atoms with Gasteiger partial charge in [0.1, 0.15) is 0 Å². The van der Waals surface area contributed by atoms with Crippen LogP contribution in [0.4, 0.5) is 0 Å². The lowest BCUT2D eigenvalue weighted by atomic mass is 10.0. The second-order valence-electron chi connectivity index (χ2n) is 4.52. The van der Waals surface area contributed by atoms with Gasteiger partial charge in [0, 0.05) is 6.04 Å². The first-order valence-electron chi connectivity index (χ1n) is 5.85. The van der Waals surface area contributed by atoms with Gasteiger partial charge in [-0.3, -0.25) is 4.79 Å². The van der Waals surface area contributed by atoms with E-state index < -0.39 is 0 Å². The molecule has 0 radical (unpaired) electrons. The zero-order valence-corrected chi connectivity index (χ0v) is 8.88. The molecule has 1 saturated carbocycles. The molecule has 1 heterocycles. The van der Waals surface area contributed by atoms with Gasteiger partial charge in [-0.25, -0.2) is 0 Å². The third-order valence-corrected chi connectivity index (χ3v) is 3.40. The highest BCUT2D eigenvalue weighted by Crippen LogP contribution is 2.33. The summed E-state index contributed by atoms with van der Waals surface area (Å²) < 4.78 is 0. The van der Waals surface area contributed by atoms with E-state index in [0.717, 1.165) is 18.9 Å². The fraction of sp³-hybridized carbons (Fsp3) is 0.909. The van der Waals surface area contributed by atoms with Crippen LogP contribution in [0.25, 0.3) is 0 Å². The van der Waals surface area contributed by atoms with Crippen molar-refractivity contribution >= 4 is 5.91 Å². The Morgan fingerprint density at radius 1 is 1.50 bits per heavy atom. The van der Waals surface area contributed by atoms with E-state index in [1.807, 2.05) is 0 Å². The van der Waals surface area contributed by atoms with Crippen molar-refractivity contribution in [2.24, 2.45) is 5.92 Å². The van der Waals surface area contributed by atoms with E-state index in [9.17, 15) is 4.79 Å². The lowest BCUT2D eigenvalue weighted by Gasteiger charge is -2.22. The third kappa shape index (κ3) is 2.27. The maximum Gasteiger partial charge on any atom is 0.237 e. The first kappa shape index (κ1) is 9.97. The fourth-order valence-corrected chi connectivity index (χ4v) is 2.23. The molecule has 80 valence electrons. The van der Waals surface area contributed by atoms with Crippen molar-refractivity contribution in [3.63, 3.8) is 0 Å². The van der Waals surface area contributed by atoms with Crippen LogP contribution in [-0.4, -0.2) is 24.5 Å². The summed E-state index contributed by atoms with van der Waals surface area (Å²) in [6, 6.07) is 0.568. The van der Waals surface area contributed by atoms with Crippen molar-refractivity contribution in [3.8, 4) is 0 Å². The van der Waals surface area contributed by atoms with Crippen LogP contribution in [0, 0.1) is 5.92 Å². The van der Waals surface area contributed by atoms with E-state index >= 15 is 0 Å². The Bertz CT molecular complexity index is 211. The number of carbonyl (C=O) groups is 1. The zero-order valence-electron chi connectivity index (χ0n) is 8.88. The molecule has 3 heteroatoms. The van der Waals surface area contributed by atoms with Gasteiger partial charge in [0.05, 0.1) is 6.04 Å². The molecule has 1 aliphatic heterocycles. The number of carbonyl (C=O) groups excluding carboxylic acids is 1. The molecule has 2 rings (SSSR count). The second kappa shape index (κ2) is 4.30. The second-order valence-corrected chi connectivity index (χ2v) is 4.52. The maximum absolute atomic E-state index is 11.7. The van der Waals surface area contributed by atoms with E-state index in [4.69, 9.17) is 0 Å². The highest BCUT2D eigenvalue weighted by atomic mass is 16.2. The van der Waals surface area contributed by atoms with Crippen molar-refractivity contribution in [1.82, 2.24) is 10.6 Å². The number of hydrogen-bond acceptors (Lipinski definition) is 2. The van der Waals surface area contributed by atoms with Crippen molar-refractivity contribution in [2.75, 3.05) is 6.54 Å². The lowest BCUT2D eigenvalue weighted by Crippen LogP contribution is -2.47. The molecule has 2 unspecified atom stereocenters. The van der Waals surface area contributed by atoms with E-state index in [0.29, 0.717) is 6.04 Å². The summed E-state index contributed by atoms with van der Waals surface area (Å²) in [6.07, 6.45) is 5.80. The van der Waals surface area contributed by atoms with Gasteiger partial charge in [-0.1, -0.05) is 19.8 Å². The highest BCUT2D eigenvalue weighted by molar-refractivity contribution is 5.82. The van der Waals surface area contributed by atoms with Crippen LogP contribution >= 0.6 is 0 Å². The van der Waals surface area contributed by atoms with Crippen molar-refractivity contribution in [2.45, 2.75) is 51.1 Å². The van der Waals surface area contributed by atoms with Crippen molar-refractivity contribution < 1.29 is 4.79 Å². The summed E-state index contributed by atoms with van der Waals surface area (Å²) in [7, 11) is 0. The summed E-state index contributed by atoms with van der Waals surface area (Å²) in [5.41, 5.74) is 0. The lowest BCUT2D eigenvalue weighted by molar-refractivity contribution is -0.123. The molecule has 1 amide bonds. The van der Waals surface area contributed by atoms with Crippen molar-refractivity contribution in [3.05, 3.63) is 0 Å². The van der Waals surface area contributed by atoms with Gasteiger partial charge < -0.3 is 10.6 Å². The molecule has 1 aliphatic carbocycles. The average Bonchev–Trinajstić information content (AvgIpc) is 2.98. The molecule has 1 saturated heterocycles. The SMILES string of the molecule is CCC1CC1NC(=O)[C@H]1CCCCN1. The summed E-state index contributed by atoms with van der Waals surface area (Å²) in [6.45, 7) is 3.19. The topological polar surface area (TPSA) is 41.1 Å². The molecule has 3 atom stereocenters. The van der Waals surface area contributed by atoms with Crippen LogP contribution in [-0.2, 0) is 4.79 Å². The molecule has 0 bridgehead atoms. The van der Waals surface area contributed by atoms with Crippen molar-refractivity contribution in [1.29, 1.82) is 0 Å². The average molecular weight is 196 g/mol. The number of amides is 1. The molecule has 0 aromatic heterocycles. The monoisotopic (exact) mass is 196 g/mol. The van der Waals surface area contributed by atoms with E-state index in [2.05, 4.69) is 17.6 Å². The first-order valence-corrected chi connectivity index (χ1v) is 5.85. The maximum atomic E-state index is 11.7. The van der Waals surface area contributed by atoms with Gasteiger partial charge in [-0.05, 0) is 31.7 Å². The standard InChI is InChI=1S/C11H20N2O/c1-2-8-7-10(8)13-11(14)9-5-3-4-6-12-9/h8-10,12H,2-7H2,1H3,(H,13,14)/t8?,9-,10?/m1/s1. The highest BCUT2D eigenvalue weighted by Gasteiger charge is 2.37. The molecule has 0 aromatic carbocycles. The molecule has 2 fully saturated rings. The molecular weight excluding hydrogens is 176 g/mol. The molecule has 14 heavy (non-hydrogen) atoms. The van der Waals surface area contributed by atoms with Gasteiger partial charge in [-0.2, -0.15) is 0 Å². The smallest absolute Gasteiger partial charge is 0.237 e. The summed E-state index contributed by atoms with van der Waals surface area (Å²) in [5, 5.41) is 6.40. The first-order chi connectivity index (χ1) is 6.81. The Labute approximate surface area is 85.6 Å². The van der Waals surface area contributed by atoms with E-state index in [-0.39, 0.29) is 11.9 Å². The normalized spacial score (nSPS) is 36.5. The number of rotatable bonds is 3. The molecule has 2 N–H and O–H groups in total. The summed E-state index contributed by atoms with van der Waals surface area (Å²) >= 11 is 0. The molecular formula is C11H20N2O. The van der Waals surface area contributed by atoms with Crippen LogP contribution in [0.15, 0.2) is 0 Å². The minimum atomic E-state index is 0.0851. The zero-order chi connectivity index (χ0) is 9.97. The Hall–Kier alpha value is -0.570. The molecule has 0 aromatic rings. The van der Waals surface area contributed by atoms with Gasteiger partial charge in [0.2, 0.25) is 5.91 Å². The minimum Gasteiger partial charge on any atom is -0.352 e. The van der Waals surface area contributed by atoms with Gasteiger partial charge in [0.15, 0.2) is 0 Å². The van der Waals surface area contributed by atoms with Crippen LogP contribution in [0.1, 0.15) is 39.0 Å². The fourth-order valence-electron chi connectivity index (χ4n) is 2.23. The van der Waals surface area contributed by atoms with Gasteiger partial charge in [0.25, 0.3) is 0 Å². The number of piperidine rings is 1. The Morgan fingerprint density at radius 2 is 2.36 bits per heavy atom. The quantitative estimate of drug-likeness (QED) is 0.708. The van der Waals surface area contributed by atoms with E-state index in [1.165, 1.54) is 25.7 Å². The predicted molar refractivity (Wildman–Crippen MR) is 56.0 cm³/mol. The molecule has 0 spiro atoms. The Kier molecular flexibility index (Phi) is 3.06. The van der Waals surface area contributed by atoms with Crippen LogP contribution in [0.3, 0.4) is 0 Å². The van der Waals surface area contributed by atoms with Crippen LogP contribution in [0.5, 0.6) is 0 Å². The minimum absolute atomic E-state index is 0.0851. The molecule has 2 aliphatic rings. The Morgan fingerprint density at radius 3 is 2.93 bits per heavy atom. The number of nitrogens with one attached hydrogen (secondary N) is 2. The molecule has 3 nitrogen and oxygen atoms in total. The third-order valence-electron chi connectivity index (χ3n) is 3.40. The summed E-state index contributed by atoms with van der Waals surface area (Å²) in [4.78, 5) is 11.7. The van der Waals surface area contributed by atoms with Crippen LogP contribution < -0.4 is 10.6 Å². The van der Waals surface area contributed by atoms with Gasteiger partial charge in [-0.15, -0.1) is 0 Å². The van der Waals surface area contributed by atoms with Crippen LogP contribution in [0.2, 0.25) is 0 Å². The predicted octanol–water partition coefficient (Wildman–Crippen LogP) is 1.04. The largest absolute Gasteiger partial charge is 0.352 e.